The highest BCUT2D eigenvalue weighted by molar-refractivity contribution is 5.92. The summed E-state index contributed by atoms with van der Waals surface area (Å²) in [6.45, 7) is 3.43. The summed E-state index contributed by atoms with van der Waals surface area (Å²) in [6.07, 6.45) is 16.2. The topological polar surface area (TPSA) is 123 Å². The van der Waals surface area contributed by atoms with Crippen LogP contribution >= 0.6 is 0 Å². The van der Waals surface area contributed by atoms with Crippen LogP contribution in [0.4, 0.5) is 4.39 Å². The van der Waals surface area contributed by atoms with E-state index < -0.39 is 0 Å². The second-order valence-corrected chi connectivity index (χ2v) is 11.6. The summed E-state index contributed by atoms with van der Waals surface area (Å²) < 4.78 is 19.9. The fraction of sp³-hybridized carbons (Fsp3) is 0.158. The highest BCUT2D eigenvalue weighted by Crippen LogP contribution is 2.44. The minimum absolute atomic E-state index is 0.0194. The van der Waals surface area contributed by atoms with Crippen molar-refractivity contribution in [3.05, 3.63) is 153 Å². The number of fused-ring (bicyclic) bond motifs is 2. The molecule has 1 atom stereocenters. The van der Waals surface area contributed by atoms with Gasteiger partial charge >= 0.3 is 0 Å². The van der Waals surface area contributed by atoms with Crippen LogP contribution in [0.15, 0.2) is 108 Å². The molecule has 1 unspecified atom stereocenters. The number of nitrogens with two attached hydrogens (primary N) is 1. The molecule has 0 radical (unpaired) electrons. The van der Waals surface area contributed by atoms with Gasteiger partial charge in [0.15, 0.2) is 0 Å². The summed E-state index contributed by atoms with van der Waals surface area (Å²) in [5.74, 6) is 0.140. The fourth-order valence-corrected chi connectivity index (χ4v) is 6.19. The minimum atomic E-state index is -0.340. The van der Waals surface area contributed by atoms with Crippen LogP contribution in [0.25, 0.3) is 29.0 Å². The summed E-state index contributed by atoms with van der Waals surface area (Å²) in [7, 11) is 1.55. The smallest absolute Gasteiger partial charge is 0.127 e. The normalized spacial score (nSPS) is 17.9. The number of aromatic amines is 1. The number of dihydropyridines is 1. The van der Waals surface area contributed by atoms with Crippen molar-refractivity contribution in [1.82, 2.24) is 31.1 Å². The Kier molecular flexibility index (Phi) is 8.29. The highest BCUT2D eigenvalue weighted by Gasteiger charge is 2.43. The third-order valence-electron chi connectivity index (χ3n) is 8.56. The van der Waals surface area contributed by atoms with E-state index in [1.165, 1.54) is 11.6 Å². The number of ether oxygens (including phenoxy) is 1. The number of allylic oxidation sites excluding steroid dienone is 4. The maximum atomic E-state index is 14.5. The number of hydrogen-bond donors (Lipinski definition) is 5. The van der Waals surface area contributed by atoms with Crippen LogP contribution in [0.2, 0.25) is 0 Å². The average molecular weight is 626 g/mol. The lowest BCUT2D eigenvalue weighted by molar-refractivity contribution is 0.411. The molecular weight excluding hydrogens is 589 g/mol. The Hall–Kier alpha value is -5.67. The Labute approximate surface area is 272 Å². The summed E-state index contributed by atoms with van der Waals surface area (Å²) in [5.41, 5.74) is 16.8. The van der Waals surface area contributed by atoms with Crippen molar-refractivity contribution in [3.63, 3.8) is 0 Å². The molecule has 7 rings (SSSR count). The van der Waals surface area contributed by atoms with E-state index in [9.17, 15) is 4.39 Å². The van der Waals surface area contributed by atoms with Gasteiger partial charge in [-0.3, -0.25) is 10.1 Å². The summed E-state index contributed by atoms with van der Waals surface area (Å²) in [6, 6.07) is 17.2. The van der Waals surface area contributed by atoms with Gasteiger partial charge < -0.3 is 26.4 Å². The number of hydrogen-bond acceptors (Lipinski definition) is 7. The van der Waals surface area contributed by atoms with Crippen LogP contribution < -0.4 is 37.0 Å². The third-order valence-corrected chi connectivity index (χ3v) is 8.56. The molecule has 4 heterocycles. The summed E-state index contributed by atoms with van der Waals surface area (Å²) >= 11 is 0. The van der Waals surface area contributed by atoms with Gasteiger partial charge in [0.1, 0.15) is 17.3 Å². The first-order valence-corrected chi connectivity index (χ1v) is 15.6. The van der Waals surface area contributed by atoms with Crippen LogP contribution in [-0.4, -0.2) is 28.3 Å². The number of aromatic nitrogens is 3. The van der Waals surface area contributed by atoms with Crippen molar-refractivity contribution in [1.29, 1.82) is 0 Å². The molecule has 0 bridgehead atoms. The Bertz CT molecular complexity index is 2120. The number of nitrogens with one attached hydrogen (secondary N) is 4. The van der Waals surface area contributed by atoms with E-state index in [1.54, 1.807) is 19.4 Å². The van der Waals surface area contributed by atoms with Gasteiger partial charge in [-0.25, -0.2) is 4.39 Å². The van der Waals surface area contributed by atoms with Gasteiger partial charge in [0, 0.05) is 66.2 Å². The Morgan fingerprint density at radius 3 is 2.77 bits per heavy atom. The average Bonchev–Trinajstić information content (AvgIpc) is 3.84. The van der Waals surface area contributed by atoms with Crippen LogP contribution in [0.5, 0.6) is 5.75 Å². The van der Waals surface area contributed by atoms with Gasteiger partial charge in [0.25, 0.3) is 0 Å². The number of benzene rings is 2. The molecule has 6 N–H and O–H groups in total. The lowest BCUT2D eigenvalue weighted by Crippen LogP contribution is -2.29. The maximum Gasteiger partial charge on any atom is 0.127 e. The molecule has 0 amide bonds. The quantitative estimate of drug-likeness (QED) is 0.175. The molecule has 2 aromatic heterocycles. The molecule has 2 aromatic carbocycles. The first-order valence-electron chi connectivity index (χ1n) is 15.6. The van der Waals surface area contributed by atoms with Gasteiger partial charge in [-0.05, 0) is 59.0 Å². The van der Waals surface area contributed by atoms with Crippen molar-refractivity contribution in [2.75, 3.05) is 7.11 Å². The lowest BCUT2D eigenvalue weighted by atomic mass is 9.90. The van der Waals surface area contributed by atoms with E-state index in [0.29, 0.717) is 18.7 Å². The zero-order chi connectivity index (χ0) is 32.3. The zero-order valence-electron chi connectivity index (χ0n) is 26.3. The predicted octanol–water partition coefficient (Wildman–Crippen LogP) is 4.36. The Morgan fingerprint density at radius 2 is 1.96 bits per heavy atom. The molecule has 2 aliphatic heterocycles. The van der Waals surface area contributed by atoms with Crippen molar-refractivity contribution in [3.8, 4) is 5.75 Å². The van der Waals surface area contributed by atoms with Crippen molar-refractivity contribution >= 4 is 29.0 Å². The minimum Gasteiger partial charge on any atom is -0.497 e. The monoisotopic (exact) mass is 625 g/mol. The standard InChI is InChI=1S/C38H36FN7O/c1-3-32-31(16-26(18-40)27-13-24(21-42-22-27)20-41-19-23-9-5-4-6-10-23)35(46-45-32)37-38-36(44-38)34-30(11-7-8-12-33(34)43-37)25-14-28(39)17-29(15-25)47-2/h3-11,13-18,21-22,36,41,43-45H,12,19-20,40H2,1-2H3/b26-18+,31-16+,32-3-. The van der Waals surface area contributed by atoms with E-state index >= 15 is 0 Å². The molecule has 8 nitrogen and oxygen atoms in total. The zero-order valence-corrected chi connectivity index (χ0v) is 26.3. The molecule has 3 aliphatic rings. The lowest BCUT2D eigenvalue weighted by Gasteiger charge is -2.21. The number of nitrogens with zero attached hydrogens (tertiary/aromatic N) is 2. The molecule has 9 heteroatoms. The number of methoxy groups -OCH3 is 1. The fourth-order valence-electron chi connectivity index (χ4n) is 6.19. The maximum absolute atomic E-state index is 14.5. The molecular formula is C38H36FN7O. The number of H-pyrrole nitrogens is 1. The van der Waals surface area contributed by atoms with Gasteiger partial charge in [0.05, 0.1) is 29.9 Å². The van der Waals surface area contributed by atoms with Crippen molar-refractivity contribution in [2.45, 2.75) is 32.5 Å². The largest absolute Gasteiger partial charge is 0.497 e. The van der Waals surface area contributed by atoms with Crippen LogP contribution in [-0.2, 0) is 13.1 Å². The predicted molar refractivity (Wildman–Crippen MR) is 185 cm³/mol. The summed E-state index contributed by atoms with van der Waals surface area (Å²) in [4.78, 5) is 4.52. The van der Waals surface area contributed by atoms with Crippen LogP contribution in [0.1, 0.15) is 41.3 Å². The van der Waals surface area contributed by atoms with Gasteiger partial charge in [-0.2, -0.15) is 5.10 Å². The molecule has 1 fully saturated rings. The number of halogens is 1. The Balaban J connectivity index is 1.19. The van der Waals surface area contributed by atoms with Crippen molar-refractivity contribution in [2.24, 2.45) is 5.73 Å². The number of rotatable bonds is 9. The van der Waals surface area contributed by atoms with Crippen LogP contribution in [0, 0.1) is 5.82 Å². The van der Waals surface area contributed by atoms with Crippen LogP contribution in [0.3, 0.4) is 0 Å². The molecule has 47 heavy (non-hydrogen) atoms. The van der Waals surface area contributed by atoms with Gasteiger partial charge in [-0.15, -0.1) is 0 Å². The molecule has 0 saturated carbocycles. The highest BCUT2D eigenvalue weighted by atomic mass is 19.1. The molecule has 1 saturated heterocycles. The molecule has 236 valence electrons. The molecule has 1 aliphatic carbocycles. The third kappa shape index (κ3) is 6.13. The van der Waals surface area contributed by atoms with Gasteiger partial charge in [0.2, 0.25) is 0 Å². The van der Waals surface area contributed by atoms with E-state index in [2.05, 4.69) is 56.4 Å². The molecule has 0 spiro atoms. The molecule has 4 aromatic rings. The second-order valence-electron chi connectivity index (χ2n) is 11.6. The first kappa shape index (κ1) is 30.0. The van der Waals surface area contributed by atoms with Gasteiger partial charge in [-0.1, -0.05) is 54.6 Å². The first-order chi connectivity index (χ1) is 23.1. The SMILES string of the molecule is C\C=c1/[nH]nc(C2=C3NC3C3=C(CC=CC=C3c3cc(F)cc(OC)c3)N2)/c1=C/C(=C\N)c1cncc(CNCc2ccccc2)c1. The van der Waals surface area contributed by atoms with E-state index in [4.69, 9.17) is 15.6 Å². The van der Waals surface area contributed by atoms with Crippen molar-refractivity contribution < 1.29 is 9.13 Å². The van der Waals surface area contributed by atoms with E-state index in [0.717, 1.165) is 73.3 Å². The summed E-state index contributed by atoms with van der Waals surface area (Å²) in [5, 5.41) is 20.5. The Morgan fingerprint density at radius 1 is 1.11 bits per heavy atom. The number of pyridine rings is 1. The van der Waals surface area contributed by atoms with E-state index in [-0.39, 0.29) is 11.9 Å². The second kappa shape index (κ2) is 13.0. The van der Waals surface area contributed by atoms with E-state index in [1.807, 2.05) is 61.8 Å².